The molecule has 1 aliphatic rings. The maximum atomic E-state index is 4.32. The Bertz CT molecular complexity index is 283. The maximum Gasteiger partial charge on any atom is 0.106 e. The molecule has 1 aromatic heterocycles. The average Bonchev–Trinajstić information content (AvgIpc) is 2.53. The number of nitrogens with zero attached hydrogens (tertiary/aromatic N) is 1. The summed E-state index contributed by atoms with van der Waals surface area (Å²) in [5, 5.41) is 0. The van der Waals surface area contributed by atoms with E-state index in [4.69, 9.17) is 0 Å². The lowest BCUT2D eigenvalue weighted by Crippen LogP contribution is -1.94. The zero-order valence-corrected chi connectivity index (χ0v) is 9.47. The molecule has 1 nitrogen and oxygen atoms in total. The summed E-state index contributed by atoms with van der Waals surface area (Å²) in [7, 11) is 0. The van der Waals surface area contributed by atoms with Gasteiger partial charge < -0.3 is 0 Å². The van der Waals surface area contributed by atoms with Crippen molar-refractivity contribution in [2.24, 2.45) is 0 Å². The van der Waals surface area contributed by atoms with Crippen molar-refractivity contribution in [3.05, 3.63) is 28.0 Å². The zero-order chi connectivity index (χ0) is 9.26. The minimum absolute atomic E-state index is 0.790. The van der Waals surface area contributed by atoms with Crippen LogP contribution >= 0.6 is 15.9 Å². The Labute approximate surface area is 87.7 Å². The lowest BCUT2D eigenvalue weighted by molar-refractivity contribution is 0.719. The number of pyridine rings is 1. The predicted octanol–water partition coefficient (Wildman–Crippen LogP) is 3.81. The topological polar surface area (TPSA) is 12.9 Å². The van der Waals surface area contributed by atoms with Gasteiger partial charge in [-0.15, -0.1) is 0 Å². The Morgan fingerprint density at radius 3 is 2.62 bits per heavy atom. The summed E-state index contributed by atoms with van der Waals surface area (Å²) in [6.45, 7) is 2.06. The van der Waals surface area contributed by atoms with Gasteiger partial charge in [0.1, 0.15) is 4.60 Å². The van der Waals surface area contributed by atoms with Gasteiger partial charge in [-0.3, -0.25) is 0 Å². The van der Waals surface area contributed by atoms with Crippen molar-refractivity contribution in [3.8, 4) is 0 Å². The smallest absolute Gasteiger partial charge is 0.106 e. The number of hydrogen-bond donors (Lipinski definition) is 0. The molecule has 2 rings (SSSR count). The molecule has 0 spiro atoms. The molecule has 0 unspecified atom stereocenters. The Morgan fingerprint density at radius 2 is 2.00 bits per heavy atom. The van der Waals surface area contributed by atoms with Crippen LogP contribution in [0.25, 0.3) is 0 Å². The summed E-state index contributed by atoms with van der Waals surface area (Å²) >= 11 is 3.45. The highest BCUT2D eigenvalue weighted by Gasteiger charge is 2.17. The van der Waals surface area contributed by atoms with Gasteiger partial charge in [-0.2, -0.15) is 0 Å². The molecular weight excluding hydrogens is 226 g/mol. The van der Waals surface area contributed by atoms with Crippen LogP contribution in [-0.2, 0) is 0 Å². The van der Waals surface area contributed by atoms with Gasteiger partial charge in [-0.05, 0) is 59.3 Å². The van der Waals surface area contributed by atoms with Crippen LogP contribution in [0.4, 0.5) is 0 Å². The van der Waals surface area contributed by atoms with Crippen LogP contribution < -0.4 is 0 Å². The summed E-state index contributed by atoms with van der Waals surface area (Å²) in [5.41, 5.74) is 2.59. The SMILES string of the molecule is Cc1cc(C2CCCC2)cc(Br)n1. The van der Waals surface area contributed by atoms with Crippen molar-refractivity contribution in [1.29, 1.82) is 0 Å². The highest BCUT2D eigenvalue weighted by molar-refractivity contribution is 9.10. The Hall–Kier alpha value is -0.370. The fourth-order valence-corrected chi connectivity index (χ4v) is 2.69. The van der Waals surface area contributed by atoms with Crippen LogP contribution in [-0.4, -0.2) is 4.98 Å². The summed E-state index contributed by atoms with van der Waals surface area (Å²) in [5.74, 6) is 0.790. The van der Waals surface area contributed by atoms with E-state index in [1.807, 2.05) is 0 Å². The molecular formula is C11H14BrN. The van der Waals surface area contributed by atoms with Crippen molar-refractivity contribution in [2.45, 2.75) is 38.5 Å². The number of halogens is 1. The highest BCUT2D eigenvalue weighted by Crippen LogP contribution is 2.34. The van der Waals surface area contributed by atoms with Gasteiger partial charge in [0.2, 0.25) is 0 Å². The second-order valence-corrected chi connectivity index (χ2v) is 4.66. The minimum atomic E-state index is 0.790. The molecule has 0 amide bonds. The molecule has 2 heteroatoms. The summed E-state index contributed by atoms with van der Waals surface area (Å²) < 4.78 is 0.981. The van der Waals surface area contributed by atoms with Gasteiger partial charge in [0.15, 0.2) is 0 Å². The van der Waals surface area contributed by atoms with Crippen LogP contribution in [0.15, 0.2) is 16.7 Å². The van der Waals surface area contributed by atoms with E-state index in [-0.39, 0.29) is 0 Å². The lowest BCUT2D eigenvalue weighted by Gasteiger charge is -2.10. The van der Waals surface area contributed by atoms with Gasteiger partial charge in [0, 0.05) is 5.69 Å². The highest BCUT2D eigenvalue weighted by atomic mass is 79.9. The molecule has 0 saturated heterocycles. The van der Waals surface area contributed by atoms with E-state index in [1.165, 1.54) is 31.2 Å². The van der Waals surface area contributed by atoms with E-state index in [2.05, 4.69) is 40.0 Å². The monoisotopic (exact) mass is 239 g/mol. The van der Waals surface area contributed by atoms with Crippen LogP contribution in [0.5, 0.6) is 0 Å². The molecule has 1 heterocycles. The maximum absolute atomic E-state index is 4.32. The molecule has 0 radical (unpaired) electrons. The standard InChI is InChI=1S/C11H14BrN/c1-8-6-10(7-11(12)13-8)9-4-2-3-5-9/h6-7,9H,2-5H2,1H3. The molecule has 1 fully saturated rings. The van der Waals surface area contributed by atoms with E-state index in [9.17, 15) is 0 Å². The van der Waals surface area contributed by atoms with E-state index in [1.54, 1.807) is 0 Å². The molecule has 1 aromatic rings. The normalized spacial score (nSPS) is 18.0. The first-order chi connectivity index (χ1) is 6.25. The van der Waals surface area contributed by atoms with Crippen molar-refractivity contribution in [3.63, 3.8) is 0 Å². The first-order valence-electron chi connectivity index (χ1n) is 4.90. The van der Waals surface area contributed by atoms with Gasteiger partial charge in [0.05, 0.1) is 0 Å². The first kappa shape index (κ1) is 9.20. The van der Waals surface area contributed by atoms with Crippen molar-refractivity contribution in [2.75, 3.05) is 0 Å². The summed E-state index contributed by atoms with van der Waals surface area (Å²) in [6, 6.07) is 4.39. The van der Waals surface area contributed by atoms with Crippen molar-refractivity contribution < 1.29 is 0 Å². The predicted molar refractivity (Wildman–Crippen MR) is 57.9 cm³/mol. The number of aryl methyl sites for hydroxylation is 1. The fourth-order valence-electron chi connectivity index (χ4n) is 2.15. The Balaban J connectivity index is 2.28. The third kappa shape index (κ3) is 2.11. The van der Waals surface area contributed by atoms with Gasteiger partial charge in [-0.25, -0.2) is 4.98 Å². The van der Waals surface area contributed by atoms with E-state index >= 15 is 0 Å². The van der Waals surface area contributed by atoms with E-state index in [0.29, 0.717) is 0 Å². The lowest BCUT2D eigenvalue weighted by atomic mass is 9.98. The summed E-state index contributed by atoms with van der Waals surface area (Å²) in [4.78, 5) is 4.32. The quantitative estimate of drug-likeness (QED) is 0.680. The minimum Gasteiger partial charge on any atom is -0.246 e. The molecule has 13 heavy (non-hydrogen) atoms. The molecule has 0 N–H and O–H groups in total. The third-order valence-electron chi connectivity index (χ3n) is 2.77. The second-order valence-electron chi connectivity index (χ2n) is 3.85. The number of aromatic nitrogens is 1. The fraction of sp³-hybridized carbons (Fsp3) is 0.545. The molecule has 0 bridgehead atoms. The van der Waals surface area contributed by atoms with Crippen LogP contribution in [0.1, 0.15) is 42.9 Å². The van der Waals surface area contributed by atoms with E-state index in [0.717, 1.165) is 16.2 Å². The van der Waals surface area contributed by atoms with Crippen LogP contribution in [0, 0.1) is 6.92 Å². The zero-order valence-electron chi connectivity index (χ0n) is 7.89. The van der Waals surface area contributed by atoms with Crippen molar-refractivity contribution in [1.82, 2.24) is 4.98 Å². The molecule has 70 valence electrons. The van der Waals surface area contributed by atoms with Crippen molar-refractivity contribution >= 4 is 15.9 Å². The largest absolute Gasteiger partial charge is 0.246 e. The molecule has 0 atom stereocenters. The van der Waals surface area contributed by atoms with E-state index < -0.39 is 0 Å². The first-order valence-corrected chi connectivity index (χ1v) is 5.69. The molecule has 0 aromatic carbocycles. The van der Waals surface area contributed by atoms with Crippen LogP contribution in [0.2, 0.25) is 0 Å². The number of hydrogen-bond acceptors (Lipinski definition) is 1. The second kappa shape index (κ2) is 3.79. The molecule has 1 saturated carbocycles. The average molecular weight is 240 g/mol. The van der Waals surface area contributed by atoms with Gasteiger partial charge in [-0.1, -0.05) is 12.8 Å². The van der Waals surface area contributed by atoms with Gasteiger partial charge >= 0.3 is 0 Å². The Morgan fingerprint density at radius 1 is 1.31 bits per heavy atom. The van der Waals surface area contributed by atoms with Crippen LogP contribution in [0.3, 0.4) is 0 Å². The Kier molecular flexibility index (Phi) is 2.68. The molecule has 1 aliphatic carbocycles. The molecule has 0 aliphatic heterocycles. The summed E-state index contributed by atoms with van der Waals surface area (Å²) in [6.07, 6.45) is 5.50. The van der Waals surface area contributed by atoms with Gasteiger partial charge in [0.25, 0.3) is 0 Å². The number of rotatable bonds is 1. The third-order valence-corrected chi connectivity index (χ3v) is 3.18.